The van der Waals surface area contributed by atoms with Crippen molar-refractivity contribution < 1.29 is 0 Å². The predicted octanol–water partition coefficient (Wildman–Crippen LogP) is 2.64. The number of nitrogens with zero attached hydrogens (tertiary/aromatic N) is 2. The van der Waals surface area contributed by atoms with E-state index in [0.717, 1.165) is 38.3 Å². The highest BCUT2D eigenvalue weighted by Crippen LogP contribution is 2.17. The molecule has 0 spiro atoms. The molecule has 3 nitrogen and oxygen atoms in total. The SMILES string of the molecule is NC(=S)c1cccc(CN2CCN(c3ccccc3)CC2)c1. The summed E-state index contributed by atoms with van der Waals surface area (Å²) in [5.74, 6) is 0. The van der Waals surface area contributed by atoms with Gasteiger partial charge in [0.2, 0.25) is 0 Å². The lowest BCUT2D eigenvalue weighted by atomic mass is 10.1. The van der Waals surface area contributed by atoms with Crippen LogP contribution in [0.1, 0.15) is 11.1 Å². The number of hydrogen-bond donors (Lipinski definition) is 1. The van der Waals surface area contributed by atoms with Gasteiger partial charge in [-0.05, 0) is 23.8 Å². The summed E-state index contributed by atoms with van der Waals surface area (Å²) in [4.78, 5) is 5.40. The lowest BCUT2D eigenvalue weighted by Crippen LogP contribution is -2.45. The number of anilines is 1. The third-order valence-corrected chi connectivity index (χ3v) is 4.35. The van der Waals surface area contributed by atoms with Gasteiger partial charge < -0.3 is 10.6 Å². The molecule has 0 amide bonds. The van der Waals surface area contributed by atoms with Gasteiger partial charge in [0.25, 0.3) is 0 Å². The van der Waals surface area contributed by atoms with Gasteiger partial charge in [0.05, 0.1) is 0 Å². The minimum atomic E-state index is 0.468. The average Bonchev–Trinajstić information content (AvgIpc) is 2.56. The minimum Gasteiger partial charge on any atom is -0.389 e. The summed E-state index contributed by atoms with van der Waals surface area (Å²) in [6.07, 6.45) is 0. The molecule has 2 aromatic rings. The van der Waals surface area contributed by atoms with Crippen molar-refractivity contribution in [1.82, 2.24) is 4.90 Å². The van der Waals surface area contributed by atoms with E-state index >= 15 is 0 Å². The maximum atomic E-state index is 5.71. The van der Waals surface area contributed by atoms with Gasteiger partial charge in [-0.15, -0.1) is 0 Å². The number of thiocarbonyl (C=S) groups is 1. The molecule has 2 aromatic carbocycles. The molecule has 0 radical (unpaired) electrons. The van der Waals surface area contributed by atoms with Crippen LogP contribution < -0.4 is 10.6 Å². The van der Waals surface area contributed by atoms with Crippen molar-refractivity contribution in [3.05, 3.63) is 65.7 Å². The van der Waals surface area contributed by atoms with Crippen LogP contribution in [0.3, 0.4) is 0 Å². The molecule has 0 saturated carbocycles. The molecule has 4 heteroatoms. The monoisotopic (exact) mass is 311 g/mol. The number of piperazine rings is 1. The van der Waals surface area contributed by atoms with E-state index in [-0.39, 0.29) is 0 Å². The summed E-state index contributed by atoms with van der Waals surface area (Å²) in [7, 11) is 0. The Morgan fingerprint density at radius 3 is 2.36 bits per heavy atom. The van der Waals surface area contributed by atoms with Crippen molar-refractivity contribution >= 4 is 22.9 Å². The molecule has 0 aromatic heterocycles. The number of para-hydroxylation sites is 1. The Morgan fingerprint density at radius 1 is 0.955 bits per heavy atom. The first-order chi connectivity index (χ1) is 10.7. The molecule has 2 N–H and O–H groups in total. The van der Waals surface area contributed by atoms with Crippen molar-refractivity contribution in [1.29, 1.82) is 0 Å². The lowest BCUT2D eigenvalue weighted by Gasteiger charge is -2.36. The Bertz CT molecular complexity index is 634. The number of nitrogens with two attached hydrogens (primary N) is 1. The second-order valence-corrected chi connectivity index (χ2v) is 6.10. The molecule has 0 atom stereocenters. The van der Waals surface area contributed by atoms with E-state index in [1.165, 1.54) is 11.3 Å². The van der Waals surface area contributed by atoms with Crippen LogP contribution in [-0.4, -0.2) is 36.1 Å². The molecule has 0 bridgehead atoms. The summed E-state index contributed by atoms with van der Waals surface area (Å²) in [6.45, 7) is 5.25. The topological polar surface area (TPSA) is 32.5 Å². The van der Waals surface area contributed by atoms with E-state index in [2.05, 4.69) is 52.3 Å². The first kappa shape index (κ1) is 15.0. The second kappa shape index (κ2) is 6.90. The Kier molecular flexibility index (Phi) is 4.71. The fourth-order valence-corrected chi connectivity index (χ4v) is 3.01. The molecule has 0 unspecified atom stereocenters. The third-order valence-electron chi connectivity index (χ3n) is 4.11. The molecular weight excluding hydrogens is 290 g/mol. The van der Waals surface area contributed by atoms with Crippen LogP contribution in [0.15, 0.2) is 54.6 Å². The van der Waals surface area contributed by atoms with Crippen molar-refractivity contribution in [2.45, 2.75) is 6.54 Å². The summed E-state index contributed by atoms with van der Waals surface area (Å²) >= 11 is 5.05. The van der Waals surface area contributed by atoms with Crippen molar-refractivity contribution in [2.75, 3.05) is 31.1 Å². The Labute approximate surface area is 137 Å². The van der Waals surface area contributed by atoms with Crippen molar-refractivity contribution in [3.8, 4) is 0 Å². The van der Waals surface area contributed by atoms with Gasteiger partial charge in [-0.25, -0.2) is 0 Å². The highest BCUT2D eigenvalue weighted by atomic mass is 32.1. The highest BCUT2D eigenvalue weighted by Gasteiger charge is 2.17. The molecule has 1 heterocycles. The second-order valence-electron chi connectivity index (χ2n) is 5.66. The van der Waals surface area contributed by atoms with Gasteiger partial charge >= 0.3 is 0 Å². The quantitative estimate of drug-likeness (QED) is 0.880. The van der Waals surface area contributed by atoms with Crippen LogP contribution in [0.2, 0.25) is 0 Å². The Balaban J connectivity index is 1.58. The number of benzene rings is 2. The molecule has 1 aliphatic heterocycles. The van der Waals surface area contributed by atoms with E-state index in [9.17, 15) is 0 Å². The zero-order chi connectivity index (χ0) is 15.4. The number of rotatable bonds is 4. The van der Waals surface area contributed by atoms with E-state index in [1.807, 2.05) is 12.1 Å². The zero-order valence-electron chi connectivity index (χ0n) is 12.6. The molecule has 22 heavy (non-hydrogen) atoms. The first-order valence-electron chi connectivity index (χ1n) is 7.63. The van der Waals surface area contributed by atoms with Crippen molar-refractivity contribution in [2.24, 2.45) is 5.73 Å². The molecular formula is C18H21N3S. The summed E-state index contributed by atoms with van der Waals surface area (Å²) in [5, 5.41) is 0. The van der Waals surface area contributed by atoms with Crippen LogP contribution in [0, 0.1) is 0 Å². The molecule has 1 saturated heterocycles. The van der Waals surface area contributed by atoms with Gasteiger partial charge in [-0.1, -0.05) is 48.6 Å². The summed E-state index contributed by atoms with van der Waals surface area (Å²) < 4.78 is 0. The maximum Gasteiger partial charge on any atom is 0.103 e. The maximum absolute atomic E-state index is 5.71. The lowest BCUT2D eigenvalue weighted by molar-refractivity contribution is 0.250. The van der Waals surface area contributed by atoms with Crippen LogP contribution in [0.5, 0.6) is 0 Å². The van der Waals surface area contributed by atoms with Gasteiger partial charge in [0.15, 0.2) is 0 Å². The van der Waals surface area contributed by atoms with Crippen LogP contribution >= 0.6 is 12.2 Å². The molecule has 114 valence electrons. The van der Waals surface area contributed by atoms with Crippen LogP contribution in [-0.2, 0) is 6.54 Å². The predicted molar refractivity (Wildman–Crippen MR) is 96.3 cm³/mol. The largest absolute Gasteiger partial charge is 0.389 e. The van der Waals surface area contributed by atoms with Gasteiger partial charge in [0.1, 0.15) is 4.99 Å². The van der Waals surface area contributed by atoms with E-state index in [0.29, 0.717) is 4.99 Å². The summed E-state index contributed by atoms with van der Waals surface area (Å²) in [6, 6.07) is 18.9. The molecule has 1 aliphatic rings. The van der Waals surface area contributed by atoms with Gasteiger partial charge in [0, 0.05) is 44.0 Å². The number of hydrogen-bond acceptors (Lipinski definition) is 3. The first-order valence-corrected chi connectivity index (χ1v) is 8.04. The standard InChI is InChI=1S/C18H21N3S/c19-18(22)16-6-4-5-15(13-16)14-20-9-11-21(12-10-20)17-7-2-1-3-8-17/h1-8,13H,9-12,14H2,(H2,19,22). The normalized spacial score (nSPS) is 15.7. The smallest absolute Gasteiger partial charge is 0.103 e. The van der Waals surface area contributed by atoms with Gasteiger partial charge in [-0.2, -0.15) is 0 Å². The van der Waals surface area contributed by atoms with Crippen molar-refractivity contribution in [3.63, 3.8) is 0 Å². The summed E-state index contributed by atoms with van der Waals surface area (Å²) in [5.41, 5.74) is 9.26. The molecule has 3 rings (SSSR count). The zero-order valence-corrected chi connectivity index (χ0v) is 13.4. The molecule has 0 aliphatic carbocycles. The fourth-order valence-electron chi connectivity index (χ4n) is 2.88. The highest BCUT2D eigenvalue weighted by molar-refractivity contribution is 7.80. The van der Waals surface area contributed by atoms with Crippen LogP contribution in [0.25, 0.3) is 0 Å². The average molecular weight is 311 g/mol. The Hall–Kier alpha value is -1.91. The minimum absolute atomic E-state index is 0.468. The van der Waals surface area contributed by atoms with Crippen LogP contribution in [0.4, 0.5) is 5.69 Å². The Morgan fingerprint density at radius 2 is 1.68 bits per heavy atom. The van der Waals surface area contributed by atoms with Gasteiger partial charge in [-0.3, -0.25) is 4.90 Å². The molecule has 1 fully saturated rings. The van der Waals surface area contributed by atoms with E-state index in [1.54, 1.807) is 0 Å². The van der Waals surface area contributed by atoms with E-state index in [4.69, 9.17) is 18.0 Å². The fraction of sp³-hybridized carbons (Fsp3) is 0.278. The third kappa shape index (κ3) is 3.64. The van der Waals surface area contributed by atoms with E-state index < -0.39 is 0 Å².